The largest absolute Gasteiger partial charge is 0.573 e. The molecule has 0 aliphatic carbocycles. The molecule has 2 unspecified atom stereocenters. The van der Waals surface area contributed by atoms with Gasteiger partial charge in [-0.3, -0.25) is 4.79 Å². The van der Waals surface area contributed by atoms with Crippen molar-refractivity contribution >= 4 is 5.91 Å². The monoisotopic (exact) mass is 316 g/mol. The lowest BCUT2D eigenvalue weighted by atomic mass is 9.98. The van der Waals surface area contributed by atoms with E-state index in [0.717, 1.165) is 12.8 Å². The number of hydrogen-bond acceptors (Lipinski definition) is 3. The van der Waals surface area contributed by atoms with Crippen molar-refractivity contribution in [3.8, 4) is 5.75 Å². The summed E-state index contributed by atoms with van der Waals surface area (Å²) in [6.45, 7) is 2.58. The van der Waals surface area contributed by atoms with Gasteiger partial charge in [0.15, 0.2) is 0 Å². The summed E-state index contributed by atoms with van der Waals surface area (Å²) in [5.74, 6) is -0.329. The van der Waals surface area contributed by atoms with Crippen LogP contribution in [0.1, 0.15) is 25.3 Å². The van der Waals surface area contributed by atoms with Gasteiger partial charge in [-0.25, -0.2) is 0 Å². The molecular weight excluding hydrogens is 297 g/mol. The molecular formula is C15H19F3N2O2. The predicted molar refractivity (Wildman–Crippen MR) is 75.2 cm³/mol. The van der Waals surface area contributed by atoms with E-state index >= 15 is 0 Å². The van der Waals surface area contributed by atoms with E-state index in [4.69, 9.17) is 5.73 Å². The van der Waals surface area contributed by atoms with Crippen LogP contribution in [0.3, 0.4) is 0 Å². The van der Waals surface area contributed by atoms with Gasteiger partial charge in [-0.05, 0) is 37.5 Å². The first kappa shape index (κ1) is 16.6. The average molecular weight is 316 g/mol. The second kappa shape index (κ2) is 6.56. The number of rotatable bonds is 3. The molecule has 2 N–H and O–H groups in total. The van der Waals surface area contributed by atoms with Crippen LogP contribution in [0.2, 0.25) is 0 Å². The van der Waals surface area contributed by atoms with Crippen LogP contribution in [0.25, 0.3) is 0 Å². The highest BCUT2D eigenvalue weighted by molar-refractivity contribution is 5.79. The fraction of sp³-hybridized carbons (Fsp3) is 0.533. The number of carbonyl (C=O) groups is 1. The molecule has 1 aliphatic heterocycles. The van der Waals surface area contributed by atoms with Crippen molar-refractivity contribution in [3.05, 3.63) is 29.8 Å². The van der Waals surface area contributed by atoms with Crippen LogP contribution in [-0.4, -0.2) is 35.8 Å². The van der Waals surface area contributed by atoms with Gasteiger partial charge < -0.3 is 15.4 Å². The standard InChI is InChI=1S/C15H19F3N2O2/c1-10-8-12(19)6-7-20(10)14(21)9-11-2-4-13(5-3-11)22-15(16,17)18/h2-5,10,12H,6-9,19H2,1H3. The summed E-state index contributed by atoms with van der Waals surface area (Å²) in [5.41, 5.74) is 6.52. The number of nitrogens with two attached hydrogens (primary N) is 1. The number of amides is 1. The maximum atomic E-state index is 12.3. The van der Waals surface area contributed by atoms with E-state index in [1.165, 1.54) is 24.3 Å². The molecule has 0 saturated carbocycles. The van der Waals surface area contributed by atoms with Crippen molar-refractivity contribution in [2.45, 2.75) is 44.6 Å². The van der Waals surface area contributed by atoms with E-state index in [1.807, 2.05) is 6.92 Å². The summed E-state index contributed by atoms with van der Waals surface area (Å²) in [5, 5.41) is 0. The molecule has 2 rings (SSSR count). The molecule has 2 atom stereocenters. The first-order chi connectivity index (χ1) is 10.2. The van der Waals surface area contributed by atoms with Crippen molar-refractivity contribution in [2.24, 2.45) is 5.73 Å². The molecule has 1 amide bonds. The summed E-state index contributed by atoms with van der Waals surface area (Å²) >= 11 is 0. The summed E-state index contributed by atoms with van der Waals surface area (Å²) < 4.78 is 40.0. The van der Waals surface area contributed by atoms with Crippen LogP contribution in [0, 0.1) is 0 Å². The quantitative estimate of drug-likeness (QED) is 0.932. The second-order valence-corrected chi connectivity index (χ2v) is 5.59. The third kappa shape index (κ3) is 4.62. The molecule has 7 heteroatoms. The lowest BCUT2D eigenvalue weighted by Crippen LogP contribution is -2.48. The van der Waals surface area contributed by atoms with Gasteiger partial charge in [-0.2, -0.15) is 0 Å². The molecule has 1 saturated heterocycles. The normalized spacial score (nSPS) is 22.5. The third-order valence-corrected chi connectivity index (χ3v) is 3.75. The van der Waals surface area contributed by atoms with E-state index in [0.29, 0.717) is 12.1 Å². The van der Waals surface area contributed by atoms with Crippen LogP contribution in [0.4, 0.5) is 13.2 Å². The van der Waals surface area contributed by atoms with Crippen molar-refractivity contribution < 1.29 is 22.7 Å². The predicted octanol–water partition coefficient (Wildman–Crippen LogP) is 2.47. The van der Waals surface area contributed by atoms with Gasteiger partial charge in [0.25, 0.3) is 0 Å². The molecule has 0 bridgehead atoms. The van der Waals surface area contributed by atoms with Gasteiger partial charge in [0.2, 0.25) is 5.91 Å². The molecule has 22 heavy (non-hydrogen) atoms. The molecule has 4 nitrogen and oxygen atoms in total. The third-order valence-electron chi connectivity index (χ3n) is 3.75. The summed E-state index contributed by atoms with van der Waals surface area (Å²) in [6, 6.07) is 5.58. The molecule has 1 aromatic rings. The van der Waals surface area contributed by atoms with Gasteiger partial charge in [-0.15, -0.1) is 13.2 Å². The Morgan fingerprint density at radius 2 is 2.00 bits per heavy atom. The topological polar surface area (TPSA) is 55.6 Å². The number of piperidine rings is 1. The molecule has 122 valence electrons. The Hall–Kier alpha value is -1.76. The number of nitrogens with zero attached hydrogens (tertiary/aromatic N) is 1. The highest BCUT2D eigenvalue weighted by Gasteiger charge is 2.31. The summed E-state index contributed by atoms with van der Waals surface area (Å²) in [4.78, 5) is 14.1. The Kier molecular flexibility index (Phi) is 4.95. The second-order valence-electron chi connectivity index (χ2n) is 5.59. The van der Waals surface area contributed by atoms with E-state index in [9.17, 15) is 18.0 Å². The fourth-order valence-electron chi connectivity index (χ4n) is 2.66. The van der Waals surface area contributed by atoms with Crippen LogP contribution in [-0.2, 0) is 11.2 Å². The molecule has 1 aliphatic rings. The highest BCUT2D eigenvalue weighted by atomic mass is 19.4. The fourth-order valence-corrected chi connectivity index (χ4v) is 2.66. The minimum absolute atomic E-state index is 0.0381. The van der Waals surface area contributed by atoms with Crippen molar-refractivity contribution in [2.75, 3.05) is 6.54 Å². The SMILES string of the molecule is CC1CC(N)CCN1C(=O)Cc1ccc(OC(F)(F)F)cc1. The lowest BCUT2D eigenvalue weighted by Gasteiger charge is -2.36. The van der Waals surface area contributed by atoms with Gasteiger partial charge in [-0.1, -0.05) is 12.1 Å². The Balaban J connectivity index is 1.94. The van der Waals surface area contributed by atoms with E-state index in [1.54, 1.807) is 4.90 Å². The van der Waals surface area contributed by atoms with Gasteiger partial charge in [0.1, 0.15) is 5.75 Å². The number of ether oxygens (including phenoxy) is 1. The Morgan fingerprint density at radius 1 is 1.36 bits per heavy atom. The first-order valence-corrected chi connectivity index (χ1v) is 7.14. The molecule has 1 aromatic carbocycles. The molecule has 0 spiro atoms. The minimum Gasteiger partial charge on any atom is -0.406 e. The van der Waals surface area contributed by atoms with Crippen LogP contribution >= 0.6 is 0 Å². The molecule has 1 fully saturated rings. The maximum absolute atomic E-state index is 12.3. The number of alkyl halides is 3. The number of halogens is 3. The zero-order chi connectivity index (χ0) is 16.3. The van der Waals surface area contributed by atoms with Crippen molar-refractivity contribution in [1.82, 2.24) is 4.90 Å². The van der Waals surface area contributed by atoms with Crippen LogP contribution in [0.15, 0.2) is 24.3 Å². The summed E-state index contributed by atoms with van der Waals surface area (Å²) in [7, 11) is 0. The van der Waals surface area contributed by atoms with E-state index in [2.05, 4.69) is 4.74 Å². The first-order valence-electron chi connectivity index (χ1n) is 7.14. The number of hydrogen-bond donors (Lipinski definition) is 1. The van der Waals surface area contributed by atoms with Gasteiger partial charge in [0.05, 0.1) is 6.42 Å². The molecule has 1 heterocycles. The number of carbonyl (C=O) groups excluding carboxylic acids is 1. The maximum Gasteiger partial charge on any atom is 0.573 e. The van der Waals surface area contributed by atoms with Crippen molar-refractivity contribution in [1.29, 1.82) is 0 Å². The van der Waals surface area contributed by atoms with E-state index < -0.39 is 6.36 Å². The number of benzene rings is 1. The van der Waals surface area contributed by atoms with E-state index in [-0.39, 0.29) is 30.2 Å². The molecule has 0 radical (unpaired) electrons. The Labute approximate surface area is 127 Å². The van der Waals surface area contributed by atoms with Crippen molar-refractivity contribution in [3.63, 3.8) is 0 Å². The van der Waals surface area contributed by atoms with Crippen LogP contribution in [0.5, 0.6) is 5.75 Å². The smallest absolute Gasteiger partial charge is 0.406 e. The van der Waals surface area contributed by atoms with Gasteiger partial charge >= 0.3 is 6.36 Å². The van der Waals surface area contributed by atoms with Gasteiger partial charge in [0, 0.05) is 18.6 Å². The average Bonchev–Trinajstić information content (AvgIpc) is 2.39. The Bertz CT molecular complexity index is 517. The zero-order valence-corrected chi connectivity index (χ0v) is 12.3. The lowest BCUT2D eigenvalue weighted by molar-refractivity contribution is -0.274. The summed E-state index contributed by atoms with van der Waals surface area (Å²) in [6.07, 6.45) is -3.01. The number of likely N-dealkylation sites (tertiary alicyclic amines) is 1. The minimum atomic E-state index is -4.71. The zero-order valence-electron chi connectivity index (χ0n) is 12.3. The van der Waals surface area contributed by atoms with Crippen LogP contribution < -0.4 is 10.5 Å². The molecule has 0 aromatic heterocycles. The Morgan fingerprint density at radius 3 is 2.55 bits per heavy atom. The highest BCUT2D eigenvalue weighted by Crippen LogP contribution is 2.23.